The fourth-order valence-electron chi connectivity index (χ4n) is 2.99. The predicted molar refractivity (Wildman–Crippen MR) is 117 cm³/mol. The Labute approximate surface area is 185 Å². The zero-order valence-electron chi connectivity index (χ0n) is 16.2. The Hall–Kier alpha value is -0.660. The van der Waals surface area contributed by atoms with E-state index in [0.717, 1.165) is 42.8 Å². The summed E-state index contributed by atoms with van der Waals surface area (Å²) in [6, 6.07) is 0.406. The minimum atomic E-state index is -4.38. The van der Waals surface area contributed by atoms with Crippen LogP contribution in [0, 0.1) is 0 Å². The number of hydrogen-bond acceptors (Lipinski definition) is 5. The summed E-state index contributed by atoms with van der Waals surface area (Å²) in [6.07, 6.45) is -1.67. The first-order valence-corrected chi connectivity index (χ1v) is 10.1. The van der Waals surface area contributed by atoms with Crippen molar-refractivity contribution in [1.82, 2.24) is 20.5 Å². The van der Waals surface area contributed by atoms with Crippen molar-refractivity contribution >= 4 is 41.3 Å². The molecule has 2 rings (SSSR count). The van der Waals surface area contributed by atoms with Crippen molar-refractivity contribution in [3.63, 3.8) is 0 Å². The zero-order valence-corrected chi connectivity index (χ0v) is 19.4. The molecule has 0 radical (unpaired) electrons. The molecule has 2 heterocycles. The van der Waals surface area contributed by atoms with Gasteiger partial charge in [0.05, 0.1) is 18.2 Å². The Morgan fingerprint density at radius 2 is 2.21 bits per heavy atom. The van der Waals surface area contributed by atoms with Gasteiger partial charge in [0.15, 0.2) is 11.7 Å². The number of likely N-dealkylation sites (tertiary alicyclic amines) is 1. The summed E-state index contributed by atoms with van der Waals surface area (Å²) in [7, 11) is 1.70. The average molecular weight is 535 g/mol. The number of hydrogen-bond donors (Lipinski definition) is 2. The Morgan fingerprint density at radius 1 is 1.43 bits per heavy atom. The van der Waals surface area contributed by atoms with Crippen LogP contribution in [0.2, 0.25) is 0 Å². The van der Waals surface area contributed by atoms with Gasteiger partial charge in [-0.15, -0.1) is 35.3 Å². The van der Waals surface area contributed by atoms with Crippen molar-refractivity contribution in [3.8, 4) is 0 Å². The Bertz CT molecular complexity index is 600. The fraction of sp³-hybridized carbons (Fsp3) is 0.765. The largest absolute Gasteiger partial charge is 0.434 e. The number of ether oxygens (including phenoxy) is 1. The maximum absolute atomic E-state index is 12.6. The predicted octanol–water partition coefficient (Wildman–Crippen LogP) is 2.99. The van der Waals surface area contributed by atoms with E-state index in [9.17, 15) is 13.2 Å². The number of thiazole rings is 1. The highest BCUT2D eigenvalue weighted by molar-refractivity contribution is 14.0. The molecule has 0 saturated carbocycles. The Morgan fingerprint density at radius 3 is 2.86 bits per heavy atom. The van der Waals surface area contributed by atoms with E-state index in [-0.39, 0.29) is 24.0 Å². The summed E-state index contributed by atoms with van der Waals surface area (Å²) in [4.78, 5) is 10.7. The van der Waals surface area contributed by atoms with Crippen LogP contribution in [-0.4, -0.2) is 68.3 Å². The van der Waals surface area contributed by atoms with E-state index in [0.29, 0.717) is 43.1 Å². The lowest BCUT2D eigenvalue weighted by Gasteiger charge is -2.23. The van der Waals surface area contributed by atoms with Crippen LogP contribution < -0.4 is 10.6 Å². The number of alkyl halides is 3. The van der Waals surface area contributed by atoms with E-state index in [4.69, 9.17) is 4.74 Å². The van der Waals surface area contributed by atoms with E-state index in [2.05, 4.69) is 25.5 Å². The lowest BCUT2D eigenvalue weighted by atomic mass is 10.2. The molecule has 1 aromatic rings. The number of nitrogens with zero attached hydrogens (tertiary/aromatic N) is 3. The van der Waals surface area contributed by atoms with E-state index in [1.54, 1.807) is 7.11 Å². The number of guanidine groups is 1. The summed E-state index contributed by atoms with van der Waals surface area (Å²) in [5.74, 6) is 0.684. The SMILES string of the molecule is CCNC(=NCC1CCCN1CCOC)NCCc1nc(C(F)(F)F)cs1.I. The third-order valence-electron chi connectivity index (χ3n) is 4.36. The molecule has 1 atom stereocenters. The molecular formula is C17H29F3IN5OS. The minimum Gasteiger partial charge on any atom is -0.383 e. The standard InChI is InChI=1S/C17H28F3N5OS.HI/c1-3-21-16(23-11-13-5-4-8-25(13)9-10-26-2)22-7-6-15-24-14(12-27-15)17(18,19)20;/h12-13H,3-11H2,1-2H3,(H2,21,22,23);1H. The molecule has 2 N–H and O–H groups in total. The van der Waals surface area contributed by atoms with Crippen molar-refractivity contribution in [2.24, 2.45) is 4.99 Å². The van der Waals surface area contributed by atoms with Gasteiger partial charge in [-0.2, -0.15) is 13.2 Å². The van der Waals surface area contributed by atoms with Crippen molar-refractivity contribution in [2.45, 2.75) is 38.4 Å². The average Bonchev–Trinajstić information content (AvgIpc) is 3.26. The number of rotatable bonds is 9. The summed E-state index contributed by atoms with van der Waals surface area (Å²) in [5, 5.41) is 7.88. The maximum atomic E-state index is 12.6. The highest BCUT2D eigenvalue weighted by Crippen LogP contribution is 2.30. The molecule has 1 saturated heterocycles. The second kappa shape index (κ2) is 12.8. The molecule has 1 aromatic heterocycles. The molecular weight excluding hydrogens is 506 g/mol. The molecule has 0 amide bonds. The van der Waals surface area contributed by atoms with E-state index in [1.165, 1.54) is 6.42 Å². The number of methoxy groups -OCH3 is 1. The third-order valence-corrected chi connectivity index (χ3v) is 5.27. The van der Waals surface area contributed by atoms with Crippen LogP contribution in [0.3, 0.4) is 0 Å². The minimum absolute atomic E-state index is 0. The van der Waals surface area contributed by atoms with E-state index < -0.39 is 11.9 Å². The first-order chi connectivity index (χ1) is 12.9. The lowest BCUT2D eigenvalue weighted by molar-refractivity contribution is -0.140. The second-order valence-corrected chi connectivity index (χ2v) is 7.29. The van der Waals surface area contributed by atoms with Gasteiger partial charge in [-0.3, -0.25) is 9.89 Å². The summed E-state index contributed by atoms with van der Waals surface area (Å²) >= 11 is 1.03. The molecule has 1 unspecified atom stereocenters. The number of aliphatic imine (C=N–C) groups is 1. The highest BCUT2D eigenvalue weighted by Gasteiger charge is 2.33. The first-order valence-electron chi connectivity index (χ1n) is 9.20. The van der Waals surface area contributed by atoms with Crippen LogP contribution in [0.25, 0.3) is 0 Å². The molecule has 1 aliphatic heterocycles. The monoisotopic (exact) mass is 535 g/mol. The lowest BCUT2D eigenvalue weighted by Crippen LogP contribution is -2.40. The molecule has 0 aliphatic carbocycles. The topological polar surface area (TPSA) is 61.8 Å². The molecule has 28 heavy (non-hydrogen) atoms. The third kappa shape index (κ3) is 8.37. The highest BCUT2D eigenvalue weighted by atomic mass is 127. The molecule has 162 valence electrons. The van der Waals surface area contributed by atoms with E-state index in [1.807, 2.05) is 6.92 Å². The number of nitrogens with one attached hydrogen (secondary N) is 2. The second-order valence-electron chi connectivity index (χ2n) is 6.35. The van der Waals surface area contributed by atoms with Gasteiger partial charge >= 0.3 is 6.18 Å². The quantitative estimate of drug-likeness (QED) is 0.290. The summed E-state index contributed by atoms with van der Waals surface area (Å²) in [5.41, 5.74) is -0.819. The Balaban J connectivity index is 0.00000392. The van der Waals surface area contributed by atoms with Crippen LogP contribution in [0.15, 0.2) is 10.4 Å². The number of halogens is 4. The summed E-state index contributed by atoms with van der Waals surface area (Å²) < 4.78 is 42.9. The van der Waals surface area contributed by atoms with Crippen molar-refractivity contribution in [2.75, 3.05) is 46.4 Å². The van der Waals surface area contributed by atoms with Crippen molar-refractivity contribution in [1.29, 1.82) is 0 Å². The molecule has 0 aromatic carbocycles. The molecule has 6 nitrogen and oxygen atoms in total. The van der Waals surface area contributed by atoms with Gasteiger partial charge < -0.3 is 15.4 Å². The molecule has 11 heteroatoms. The van der Waals surface area contributed by atoms with Crippen LogP contribution >= 0.6 is 35.3 Å². The van der Waals surface area contributed by atoms with Crippen LogP contribution in [-0.2, 0) is 17.3 Å². The van der Waals surface area contributed by atoms with Crippen LogP contribution in [0.5, 0.6) is 0 Å². The van der Waals surface area contributed by atoms with Crippen molar-refractivity contribution in [3.05, 3.63) is 16.1 Å². The molecule has 0 bridgehead atoms. The smallest absolute Gasteiger partial charge is 0.383 e. The first kappa shape index (κ1) is 25.4. The normalized spacial score (nSPS) is 18.2. The van der Waals surface area contributed by atoms with E-state index >= 15 is 0 Å². The van der Waals surface area contributed by atoms with Gasteiger partial charge in [-0.25, -0.2) is 4.98 Å². The number of aromatic nitrogens is 1. The van der Waals surface area contributed by atoms with Crippen molar-refractivity contribution < 1.29 is 17.9 Å². The maximum Gasteiger partial charge on any atom is 0.434 e. The summed E-state index contributed by atoms with van der Waals surface area (Å²) in [6.45, 7) is 6.56. The van der Waals surface area contributed by atoms with Gasteiger partial charge in [0, 0.05) is 44.6 Å². The van der Waals surface area contributed by atoms with Gasteiger partial charge in [-0.05, 0) is 26.3 Å². The van der Waals surface area contributed by atoms with Gasteiger partial charge in [-0.1, -0.05) is 0 Å². The zero-order chi connectivity index (χ0) is 19.7. The van der Waals surface area contributed by atoms with Gasteiger partial charge in [0.1, 0.15) is 0 Å². The van der Waals surface area contributed by atoms with Crippen LogP contribution in [0.4, 0.5) is 13.2 Å². The molecule has 0 spiro atoms. The molecule has 1 fully saturated rings. The van der Waals surface area contributed by atoms with Gasteiger partial charge in [0.2, 0.25) is 0 Å². The Kier molecular flexibility index (Phi) is 11.6. The fourth-order valence-corrected chi connectivity index (χ4v) is 3.79. The van der Waals surface area contributed by atoms with Crippen LogP contribution in [0.1, 0.15) is 30.5 Å². The molecule has 1 aliphatic rings. The van der Waals surface area contributed by atoms with Gasteiger partial charge in [0.25, 0.3) is 0 Å².